The maximum atomic E-state index is 8.04. The molecule has 1 saturated heterocycles. The molecule has 0 amide bonds. The van der Waals surface area contributed by atoms with E-state index in [1.165, 1.54) is 50.5 Å². The fraction of sp³-hybridized carbons (Fsp3) is 0.783. The number of hydrogen-bond donors (Lipinski definition) is 1. The molecule has 0 aromatic carbocycles. The predicted molar refractivity (Wildman–Crippen MR) is 99.6 cm³/mol. The first-order chi connectivity index (χ1) is 12.2. The molecule has 6 rings (SSSR count). The molecule has 1 N–H and O–H groups in total. The van der Waals surface area contributed by atoms with Crippen LogP contribution in [0.4, 0.5) is 0 Å². The van der Waals surface area contributed by atoms with Gasteiger partial charge in [-0.15, -0.1) is 0 Å². The van der Waals surface area contributed by atoms with Crippen LogP contribution in [0.25, 0.3) is 0 Å². The van der Waals surface area contributed by atoms with Crippen LogP contribution in [-0.2, 0) is 4.74 Å². The van der Waals surface area contributed by atoms with Crippen LogP contribution in [0.5, 0.6) is 0 Å². The number of fused-ring (bicyclic) bond motifs is 9. The molecule has 5 aliphatic carbocycles. The zero-order chi connectivity index (χ0) is 16.8. The third kappa shape index (κ3) is 1.69. The van der Waals surface area contributed by atoms with Gasteiger partial charge in [-0.25, -0.2) is 0 Å². The maximum absolute atomic E-state index is 8.04. The zero-order valence-electron chi connectivity index (χ0n) is 15.5. The Balaban J connectivity index is 1.43. The summed E-state index contributed by atoms with van der Waals surface area (Å²) in [7, 11) is 0. The molecule has 0 bridgehead atoms. The Hall–Kier alpha value is -0.890. The molecule has 0 radical (unpaired) electrons. The SMILES string of the molecule is CC[C@]12CCC3C(C=CC4=CC(=N)CC[C@@H]43)C1C1CC1[C@@]21CCCO1. The lowest BCUT2D eigenvalue weighted by molar-refractivity contribution is -0.150. The minimum absolute atomic E-state index is 0.251. The first-order valence-corrected chi connectivity index (χ1v) is 10.8. The van der Waals surface area contributed by atoms with Gasteiger partial charge < -0.3 is 10.1 Å². The minimum Gasteiger partial charge on any atom is -0.374 e. The summed E-state index contributed by atoms with van der Waals surface area (Å²) in [4.78, 5) is 0. The van der Waals surface area contributed by atoms with E-state index < -0.39 is 0 Å². The van der Waals surface area contributed by atoms with Gasteiger partial charge in [0.1, 0.15) is 0 Å². The molecule has 3 saturated carbocycles. The van der Waals surface area contributed by atoms with Gasteiger partial charge in [-0.3, -0.25) is 0 Å². The number of rotatable bonds is 1. The zero-order valence-corrected chi connectivity index (χ0v) is 15.5. The molecule has 1 heterocycles. The maximum Gasteiger partial charge on any atom is 0.0772 e. The average Bonchev–Trinajstić information content (AvgIpc) is 3.20. The van der Waals surface area contributed by atoms with Crippen LogP contribution in [0.3, 0.4) is 0 Å². The molecule has 0 aromatic rings. The minimum atomic E-state index is 0.251. The fourth-order valence-corrected chi connectivity index (χ4v) is 8.63. The van der Waals surface area contributed by atoms with Crippen molar-refractivity contribution < 1.29 is 4.74 Å². The topological polar surface area (TPSA) is 33.1 Å². The van der Waals surface area contributed by atoms with E-state index in [9.17, 15) is 0 Å². The van der Waals surface area contributed by atoms with Gasteiger partial charge >= 0.3 is 0 Å². The molecule has 2 heteroatoms. The van der Waals surface area contributed by atoms with Gasteiger partial charge in [-0.05, 0) is 98.5 Å². The Kier molecular flexibility index (Phi) is 2.97. The lowest BCUT2D eigenvalue weighted by Gasteiger charge is -2.57. The summed E-state index contributed by atoms with van der Waals surface area (Å²) in [5, 5.41) is 8.04. The van der Waals surface area contributed by atoms with Crippen molar-refractivity contribution >= 4 is 5.71 Å². The average molecular weight is 338 g/mol. The summed E-state index contributed by atoms with van der Waals surface area (Å²) in [5.41, 5.74) is 3.03. The van der Waals surface area contributed by atoms with Crippen LogP contribution < -0.4 is 0 Å². The molecule has 1 aliphatic heterocycles. The highest BCUT2D eigenvalue weighted by Crippen LogP contribution is 2.78. The summed E-state index contributed by atoms with van der Waals surface area (Å²) in [6.07, 6.45) is 17.6. The van der Waals surface area contributed by atoms with Crippen LogP contribution in [0.15, 0.2) is 23.8 Å². The van der Waals surface area contributed by atoms with E-state index in [1.54, 1.807) is 0 Å². The van der Waals surface area contributed by atoms with Crippen LogP contribution in [0, 0.1) is 46.3 Å². The number of hydrogen-bond acceptors (Lipinski definition) is 2. The van der Waals surface area contributed by atoms with E-state index in [1.807, 2.05) is 0 Å². The van der Waals surface area contributed by atoms with Crippen LogP contribution in [0.2, 0.25) is 0 Å². The molecule has 25 heavy (non-hydrogen) atoms. The summed E-state index contributed by atoms with van der Waals surface area (Å²) >= 11 is 0. The molecule has 134 valence electrons. The fourth-order valence-electron chi connectivity index (χ4n) is 8.63. The summed E-state index contributed by atoms with van der Waals surface area (Å²) in [6, 6.07) is 0. The van der Waals surface area contributed by atoms with Crippen molar-refractivity contribution in [2.45, 2.75) is 63.9 Å². The van der Waals surface area contributed by atoms with Crippen molar-refractivity contribution in [1.29, 1.82) is 5.41 Å². The molecular weight excluding hydrogens is 306 g/mol. The molecule has 5 unspecified atom stereocenters. The van der Waals surface area contributed by atoms with E-state index in [0.29, 0.717) is 5.41 Å². The van der Waals surface area contributed by atoms with Gasteiger partial charge in [-0.2, -0.15) is 0 Å². The van der Waals surface area contributed by atoms with Crippen molar-refractivity contribution in [2.75, 3.05) is 6.61 Å². The van der Waals surface area contributed by atoms with Crippen molar-refractivity contribution in [3.8, 4) is 0 Å². The Morgan fingerprint density at radius 2 is 2.16 bits per heavy atom. The van der Waals surface area contributed by atoms with E-state index >= 15 is 0 Å². The van der Waals surface area contributed by atoms with E-state index in [-0.39, 0.29) is 5.60 Å². The highest BCUT2D eigenvalue weighted by atomic mass is 16.5. The van der Waals surface area contributed by atoms with Crippen LogP contribution >= 0.6 is 0 Å². The first-order valence-electron chi connectivity index (χ1n) is 10.8. The normalized spacial score (nSPS) is 55.4. The monoisotopic (exact) mass is 337 g/mol. The Labute approximate surface area is 151 Å². The summed E-state index contributed by atoms with van der Waals surface area (Å²) in [5.74, 6) is 5.05. The predicted octanol–water partition coefficient (Wildman–Crippen LogP) is 5.15. The van der Waals surface area contributed by atoms with Gasteiger partial charge in [0.05, 0.1) is 5.60 Å². The number of nitrogens with one attached hydrogen (secondary N) is 1. The van der Waals surface area contributed by atoms with Crippen LogP contribution in [0.1, 0.15) is 58.3 Å². The molecule has 6 aliphatic rings. The lowest BCUT2D eigenvalue weighted by atomic mass is 9.49. The smallest absolute Gasteiger partial charge is 0.0772 e. The van der Waals surface area contributed by atoms with Gasteiger partial charge in [0, 0.05) is 17.7 Å². The molecule has 4 fully saturated rings. The van der Waals surface area contributed by atoms with Gasteiger partial charge in [0.15, 0.2) is 0 Å². The Bertz CT molecular complexity index is 684. The highest BCUT2D eigenvalue weighted by Gasteiger charge is 2.77. The molecule has 0 aromatic heterocycles. The van der Waals surface area contributed by atoms with E-state index in [0.717, 1.165) is 54.2 Å². The van der Waals surface area contributed by atoms with Crippen molar-refractivity contribution in [3.05, 3.63) is 23.8 Å². The number of ether oxygens (including phenoxy) is 1. The third-order valence-electron chi connectivity index (χ3n) is 9.42. The van der Waals surface area contributed by atoms with Gasteiger partial charge in [0.2, 0.25) is 0 Å². The van der Waals surface area contributed by atoms with Gasteiger partial charge in [-0.1, -0.05) is 19.1 Å². The van der Waals surface area contributed by atoms with Crippen molar-refractivity contribution in [2.24, 2.45) is 40.9 Å². The number of allylic oxidation sites excluding steroid dienone is 4. The summed E-state index contributed by atoms with van der Waals surface area (Å²) < 4.78 is 6.66. The summed E-state index contributed by atoms with van der Waals surface area (Å²) in [6.45, 7) is 3.47. The molecule has 1 spiro atoms. The van der Waals surface area contributed by atoms with Gasteiger partial charge in [0.25, 0.3) is 0 Å². The lowest BCUT2D eigenvalue weighted by Crippen LogP contribution is -2.55. The largest absolute Gasteiger partial charge is 0.374 e. The first kappa shape index (κ1) is 15.2. The van der Waals surface area contributed by atoms with Crippen molar-refractivity contribution in [3.63, 3.8) is 0 Å². The second-order valence-electron chi connectivity index (χ2n) is 9.84. The molecule has 2 nitrogen and oxygen atoms in total. The Morgan fingerprint density at radius 3 is 2.96 bits per heavy atom. The van der Waals surface area contributed by atoms with E-state index in [4.69, 9.17) is 10.1 Å². The third-order valence-corrected chi connectivity index (χ3v) is 9.42. The van der Waals surface area contributed by atoms with E-state index in [2.05, 4.69) is 25.2 Å². The quantitative estimate of drug-likeness (QED) is 0.705. The molecular formula is C23H31NO. The van der Waals surface area contributed by atoms with Crippen molar-refractivity contribution in [1.82, 2.24) is 0 Å². The second kappa shape index (κ2) is 4.88. The molecule has 8 atom stereocenters. The van der Waals surface area contributed by atoms with Crippen LogP contribution in [-0.4, -0.2) is 17.9 Å². The standard InChI is InChI=1S/C23H31NO/c1-2-22-10-8-17-16-7-5-15(24)12-14(16)4-6-18(17)21(22)19-13-20(19)23(22)9-3-11-25-23/h4,6,12,16-21,24H,2-3,5,7-11,13H2,1H3/t16-,17?,18?,19?,20?,21?,22-,23-/m0/s1. The Morgan fingerprint density at radius 1 is 1.24 bits per heavy atom. The highest BCUT2D eigenvalue weighted by molar-refractivity contribution is 5.94. The second-order valence-corrected chi connectivity index (χ2v) is 9.84.